The highest BCUT2D eigenvalue weighted by Gasteiger charge is 2.24. The summed E-state index contributed by atoms with van der Waals surface area (Å²) in [7, 11) is 0. The minimum Gasteiger partial charge on any atom is -0.467 e. The molecule has 2 N–H and O–H groups in total. The number of aromatic nitrogens is 2. The van der Waals surface area contributed by atoms with E-state index >= 15 is 0 Å². The molecule has 0 fully saturated rings. The van der Waals surface area contributed by atoms with Crippen molar-refractivity contribution in [2.75, 3.05) is 0 Å². The SMILES string of the molecule is CC(C)(O)c1cc(-c2ccc(-c3ccc(C(=O)NCc4ccco4)cc3)s2)n(-c2ccccc2Cl)n1. The molecular weight excluding hydrogens is 494 g/mol. The molecule has 0 atom stereocenters. The largest absolute Gasteiger partial charge is 0.467 e. The van der Waals surface area contributed by atoms with E-state index in [1.54, 1.807) is 42.2 Å². The van der Waals surface area contributed by atoms with Crippen LogP contribution in [-0.2, 0) is 12.1 Å². The van der Waals surface area contributed by atoms with E-state index in [0.717, 1.165) is 26.7 Å². The minimum atomic E-state index is -1.10. The number of aliphatic hydroxyl groups is 1. The molecule has 36 heavy (non-hydrogen) atoms. The number of halogens is 1. The van der Waals surface area contributed by atoms with Crippen molar-refractivity contribution in [3.05, 3.63) is 107 Å². The Hall–Kier alpha value is -3.65. The number of hydrogen-bond acceptors (Lipinski definition) is 5. The number of furan rings is 1. The second-order valence-corrected chi connectivity index (χ2v) is 10.3. The zero-order valence-corrected chi connectivity index (χ0v) is 21.3. The Balaban J connectivity index is 1.41. The normalized spacial score (nSPS) is 11.6. The molecule has 0 aliphatic carbocycles. The summed E-state index contributed by atoms with van der Waals surface area (Å²) in [5.41, 5.74) is 2.61. The molecule has 0 saturated heterocycles. The number of nitrogens with zero attached hydrogens (tertiary/aromatic N) is 2. The molecule has 0 saturated carbocycles. The van der Waals surface area contributed by atoms with Gasteiger partial charge < -0.3 is 14.8 Å². The van der Waals surface area contributed by atoms with E-state index < -0.39 is 5.60 Å². The Bertz CT molecular complexity index is 1500. The van der Waals surface area contributed by atoms with Gasteiger partial charge in [-0.25, -0.2) is 4.68 Å². The summed E-state index contributed by atoms with van der Waals surface area (Å²) in [6.45, 7) is 3.76. The van der Waals surface area contributed by atoms with E-state index in [9.17, 15) is 9.90 Å². The maximum atomic E-state index is 12.5. The van der Waals surface area contributed by atoms with Crippen LogP contribution in [0.4, 0.5) is 0 Å². The third kappa shape index (κ3) is 4.99. The Kier molecular flexibility index (Phi) is 6.53. The van der Waals surface area contributed by atoms with Crippen molar-refractivity contribution in [2.45, 2.75) is 26.0 Å². The maximum Gasteiger partial charge on any atom is 0.251 e. The monoisotopic (exact) mass is 517 g/mol. The van der Waals surface area contributed by atoms with Crippen LogP contribution >= 0.6 is 22.9 Å². The van der Waals surface area contributed by atoms with E-state index in [2.05, 4.69) is 10.4 Å². The third-order valence-electron chi connectivity index (χ3n) is 5.71. The molecule has 5 aromatic rings. The van der Waals surface area contributed by atoms with Gasteiger partial charge >= 0.3 is 0 Å². The summed E-state index contributed by atoms with van der Waals surface area (Å²) >= 11 is 8.08. The number of amides is 1. The molecule has 3 heterocycles. The van der Waals surface area contributed by atoms with Crippen molar-refractivity contribution in [3.63, 3.8) is 0 Å². The van der Waals surface area contributed by atoms with Crippen molar-refractivity contribution < 1.29 is 14.3 Å². The summed E-state index contributed by atoms with van der Waals surface area (Å²) in [4.78, 5) is 14.5. The van der Waals surface area contributed by atoms with Gasteiger partial charge in [0.15, 0.2) is 0 Å². The molecule has 0 aliphatic rings. The molecule has 182 valence electrons. The van der Waals surface area contributed by atoms with Gasteiger partial charge in [-0.1, -0.05) is 35.9 Å². The van der Waals surface area contributed by atoms with Crippen LogP contribution in [0.25, 0.3) is 26.7 Å². The second-order valence-electron chi connectivity index (χ2n) is 8.84. The van der Waals surface area contributed by atoms with E-state index in [1.807, 2.05) is 72.8 Å². The Labute approximate surface area is 217 Å². The second kappa shape index (κ2) is 9.78. The summed E-state index contributed by atoms with van der Waals surface area (Å²) in [5.74, 6) is 0.544. The van der Waals surface area contributed by atoms with Gasteiger partial charge in [-0.05, 0) is 74.0 Å². The van der Waals surface area contributed by atoms with Gasteiger partial charge in [0.05, 0.1) is 39.8 Å². The first kappa shape index (κ1) is 24.1. The van der Waals surface area contributed by atoms with Crippen LogP contribution in [0.5, 0.6) is 0 Å². The summed E-state index contributed by atoms with van der Waals surface area (Å²) in [5, 5.41) is 18.7. The zero-order chi connectivity index (χ0) is 25.3. The van der Waals surface area contributed by atoms with Crippen LogP contribution in [-0.4, -0.2) is 20.8 Å². The Morgan fingerprint density at radius 3 is 2.50 bits per heavy atom. The van der Waals surface area contributed by atoms with Gasteiger partial charge in [-0.3, -0.25) is 4.79 Å². The molecule has 0 spiro atoms. The molecule has 3 aromatic heterocycles. The molecular formula is C28H24ClN3O3S. The highest BCUT2D eigenvalue weighted by molar-refractivity contribution is 7.18. The average Bonchev–Trinajstić information content (AvgIpc) is 3.63. The van der Waals surface area contributed by atoms with Gasteiger partial charge in [0.2, 0.25) is 0 Å². The van der Waals surface area contributed by atoms with Gasteiger partial charge in [0.25, 0.3) is 5.91 Å². The lowest BCUT2D eigenvalue weighted by molar-refractivity contribution is 0.0734. The smallest absolute Gasteiger partial charge is 0.251 e. The van der Waals surface area contributed by atoms with Gasteiger partial charge in [0, 0.05) is 10.4 Å². The van der Waals surface area contributed by atoms with Crippen LogP contribution in [0.1, 0.15) is 35.7 Å². The van der Waals surface area contributed by atoms with Crippen LogP contribution < -0.4 is 5.32 Å². The fraction of sp³-hybridized carbons (Fsp3) is 0.143. The van der Waals surface area contributed by atoms with Crippen molar-refractivity contribution in [1.29, 1.82) is 0 Å². The molecule has 5 rings (SSSR count). The standard InChI is InChI=1S/C28H24ClN3O3S/c1-28(2,34)26-16-23(32(31-26)22-8-4-3-7-21(22)29)25-14-13-24(36-25)18-9-11-19(12-10-18)27(33)30-17-20-6-5-15-35-20/h3-16,34H,17H2,1-2H3,(H,30,33). The zero-order valence-electron chi connectivity index (χ0n) is 19.7. The molecule has 6 nitrogen and oxygen atoms in total. The first-order valence-electron chi connectivity index (χ1n) is 11.4. The van der Waals surface area contributed by atoms with E-state index in [1.165, 1.54) is 0 Å². The number of thiophene rings is 1. The first-order chi connectivity index (χ1) is 17.3. The minimum absolute atomic E-state index is 0.160. The summed E-state index contributed by atoms with van der Waals surface area (Å²) in [6.07, 6.45) is 1.58. The highest BCUT2D eigenvalue weighted by atomic mass is 35.5. The predicted molar refractivity (Wildman–Crippen MR) is 142 cm³/mol. The average molecular weight is 518 g/mol. The molecule has 8 heteroatoms. The number of para-hydroxylation sites is 1. The van der Waals surface area contributed by atoms with E-state index in [0.29, 0.717) is 28.6 Å². The molecule has 1 amide bonds. The molecule has 0 unspecified atom stereocenters. The number of nitrogens with one attached hydrogen (secondary N) is 1. The maximum absolute atomic E-state index is 12.5. The lowest BCUT2D eigenvalue weighted by atomic mass is 10.1. The van der Waals surface area contributed by atoms with Crippen molar-refractivity contribution >= 4 is 28.8 Å². The van der Waals surface area contributed by atoms with Crippen molar-refractivity contribution in [3.8, 4) is 26.7 Å². The number of carbonyl (C=O) groups excluding carboxylic acids is 1. The van der Waals surface area contributed by atoms with Crippen LogP contribution in [0.2, 0.25) is 5.02 Å². The number of carbonyl (C=O) groups is 1. The number of benzene rings is 2. The lowest BCUT2D eigenvalue weighted by Crippen LogP contribution is -2.22. The lowest BCUT2D eigenvalue weighted by Gasteiger charge is -2.13. The molecule has 0 bridgehead atoms. The molecule has 0 aliphatic heterocycles. The van der Waals surface area contributed by atoms with E-state index in [4.69, 9.17) is 16.0 Å². The van der Waals surface area contributed by atoms with Crippen LogP contribution in [0.3, 0.4) is 0 Å². The molecule has 2 aromatic carbocycles. The van der Waals surface area contributed by atoms with Crippen molar-refractivity contribution in [2.24, 2.45) is 0 Å². The number of rotatable bonds is 7. The van der Waals surface area contributed by atoms with Crippen molar-refractivity contribution in [1.82, 2.24) is 15.1 Å². The van der Waals surface area contributed by atoms with E-state index in [-0.39, 0.29) is 5.91 Å². The topological polar surface area (TPSA) is 80.3 Å². The molecule has 0 radical (unpaired) electrons. The fourth-order valence-electron chi connectivity index (χ4n) is 3.76. The quantitative estimate of drug-likeness (QED) is 0.252. The predicted octanol–water partition coefficient (Wildman–Crippen LogP) is 6.67. The third-order valence-corrected chi connectivity index (χ3v) is 7.19. The van der Waals surface area contributed by atoms with Gasteiger partial charge in [-0.15, -0.1) is 11.3 Å². The number of hydrogen-bond donors (Lipinski definition) is 2. The van der Waals surface area contributed by atoms with Crippen LogP contribution in [0, 0.1) is 0 Å². The summed E-state index contributed by atoms with van der Waals surface area (Å²) < 4.78 is 7.03. The van der Waals surface area contributed by atoms with Crippen LogP contribution in [0.15, 0.2) is 89.5 Å². The Morgan fingerprint density at radius 1 is 1.06 bits per heavy atom. The van der Waals surface area contributed by atoms with Gasteiger partial charge in [0.1, 0.15) is 11.4 Å². The first-order valence-corrected chi connectivity index (χ1v) is 12.6. The Morgan fingerprint density at radius 2 is 1.81 bits per heavy atom. The highest BCUT2D eigenvalue weighted by Crippen LogP contribution is 2.38. The summed E-state index contributed by atoms with van der Waals surface area (Å²) in [6, 6.07) is 24.6. The van der Waals surface area contributed by atoms with Gasteiger partial charge in [-0.2, -0.15) is 5.10 Å². The fourth-order valence-corrected chi connectivity index (χ4v) is 4.99.